The minimum Gasteiger partial charge on any atom is -0.379 e. The second-order valence-electron chi connectivity index (χ2n) is 5.78. The summed E-state index contributed by atoms with van der Waals surface area (Å²) in [6, 6.07) is -0.315. The second kappa shape index (κ2) is 6.60. The summed E-state index contributed by atoms with van der Waals surface area (Å²) >= 11 is 0. The Labute approximate surface area is 117 Å². The fourth-order valence-corrected chi connectivity index (χ4v) is 3.70. The lowest BCUT2D eigenvalue weighted by Crippen LogP contribution is -2.63. The van der Waals surface area contributed by atoms with E-state index in [1.54, 1.807) is 0 Å². The Morgan fingerprint density at radius 2 is 1.80 bits per heavy atom. The number of morpholine rings is 1. The van der Waals surface area contributed by atoms with Gasteiger partial charge in [0.15, 0.2) is 0 Å². The van der Waals surface area contributed by atoms with Gasteiger partial charge in [0.2, 0.25) is 0 Å². The van der Waals surface area contributed by atoms with Crippen molar-refractivity contribution >= 4 is 0 Å². The number of hydrogen-bond donors (Lipinski definition) is 2. The van der Waals surface area contributed by atoms with E-state index in [0.29, 0.717) is 13.2 Å². The molecule has 1 aliphatic carbocycles. The van der Waals surface area contributed by atoms with E-state index < -0.39 is 12.6 Å². The molecule has 118 valence electrons. The van der Waals surface area contributed by atoms with Crippen LogP contribution in [0.15, 0.2) is 0 Å². The van der Waals surface area contributed by atoms with Gasteiger partial charge < -0.3 is 4.74 Å². The lowest BCUT2D eigenvalue weighted by molar-refractivity contribution is -0.139. The second-order valence-corrected chi connectivity index (χ2v) is 5.78. The minimum atomic E-state index is -4.13. The van der Waals surface area contributed by atoms with E-state index in [4.69, 9.17) is 10.6 Å². The molecule has 2 rings (SSSR count). The van der Waals surface area contributed by atoms with Crippen LogP contribution in [0.4, 0.5) is 13.2 Å². The predicted molar refractivity (Wildman–Crippen MR) is 70.0 cm³/mol. The molecule has 1 aliphatic heterocycles. The van der Waals surface area contributed by atoms with E-state index in [0.717, 1.165) is 38.8 Å². The van der Waals surface area contributed by atoms with E-state index in [9.17, 15) is 13.2 Å². The smallest absolute Gasteiger partial charge is 0.379 e. The molecule has 1 unspecified atom stereocenters. The highest BCUT2D eigenvalue weighted by Crippen LogP contribution is 2.40. The summed E-state index contributed by atoms with van der Waals surface area (Å²) in [4.78, 5) is 2.30. The third-order valence-corrected chi connectivity index (χ3v) is 4.68. The van der Waals surface area contributed by atoms with Crippen LogP contribution in [0.1, 0.15) is 38.5 Å². The maximum atomic E-state index is 12.5. The van der Waals surface area contributed by atoms with Crippen LogP contribution in [0, 0.1) is 0 Å². The van der Waals surface area contributed by atoms with Gasteiger partial charge in [0.25, 0.3) is 0 Å². The van der Waals surface area contributed by atoms with Crippen molar-refractivity contribution in [1.29, 1.82) is 0 Å². The lowest BCUT2D eigenvalue weighted by atomic mass is 9.83. The number of hydrazine groups is 1. The Morgan fingerprint density at radius 1 is 1.20 bits per heavy atom. The summed E-state index contributed by atoms with van der Waals surface area (Å²) in [7, 11) is 0. The van der Waals surface area contributed by atoms with Crippen LogP contribution < -0.4 is 11.3 Å². The molecule has 1 heterocycles. The number of nitrogens with two attached hydrogens (primary N) is 1. The van der Waals surface area contributed by atoms with Gasteiger partial charge in [0.05, 0.1) is 13.2 Å². The highest BCUT2D eigenvalue weighted by molar-refractivity contribution is 5.03. The van der Waals surface area contributed by atoms with Crippen LogP contribution in [0.3, 0.4) is 0 Å². The summed E-state index contributed by atoms with van der Waals surface area (Å²) in [6.07, 6.45) is -0.923. The molecule has 0 amide bonds. The summed E-state index contributed by atoms with van der Waals surface area (Å²) < 4.78 is 42.9. The van der Waals surface area contributed by atoms with Crippen molar-refractivity contribution < 1.29 is 17.9 Å². The molecule has 0 aromatic heterocycles. The molecule has 0 radical (unpaired) electrons. The van der Waals surface area contributed by atoms with Crippen molar-refractivity contribution in [2.75, 3.05) is 26.3 Å². The molecular formula is C13H24F3N3O. The maximum absolute atomic E-state index is 12.5. The summed E-state index contributed by atoms with van der Waals surface area (Å²) in [5.74, 6) is 5.60. The van der Waals surface area contributed by atoms with Gasteiger partial charge in [-0.15, -0.1) is 0 Å². The van der Waals surface area contributed by atoms with Crippen molar-refractivity contribution in [3.8, 4) is 0 Å². The Balaban J connectivity index is 2.08. The van der Waals surface area contributed by atoms with Gasteiger partial charge in [-0.05, 0) is 19.3 Å². The van der Waals surface area contributed by atoms with E-state index in [1.165, 1.54) is 0 Å². The zero-order chi connectivity index (χ0) is 14.6. The first-order valence-electron chi connectivity index (χ1n) is 7.34. The molecule has 0 aromatic carbocycles. The number of rotatable bonds is 5. The van der Waals surface area contributed by atoms with Crippen LogP contribution in [0.5, 0.6) is 0 Å². The lowest BCUT2D eigenvalue weighted by Gasteiger charge is -2.48. The average Bonchev–Trinajstić information content (AvgIpc) is 2.90. The highest BCUT2D eigenvalue weighted by Gasteiger charge is 2.46. The number of alkyl halides is 3. The first-order valence-corrected chi connectivity index (χ1v) is 7.34. The fourth-order valence-electron chi connectivity index (χ4n) is 3.70. The molecule has 2 fully saturated rings. The Morgan fingerprint density at radius 3 is 2.30 bits per heavy atom. The average molecular weight is 295 g/mol. The Hall–Kier alpha value is -0.370. The van der Waals surface area contributed by atoms with Crippen molar-refractivity contribution in [2.24, 2.45) is 5.84 Å². The van der Waals surface area contributed by atoms with E-state index in [1.807, 2.05) is 0 Å². The van der Waals surface area contributed by atoms with Crippen LogP contribution >= 0.6 is 0 Å². The molecule has 4 nitrogen and oxygen atoms in total. The van der Waals surface area contributed by atoms with Crippen LogP contribution in [0.2, 0.25) is 0 Å². The fraction of sp³-hybridized carbons (Fsp3) is 1.00. The molecule has 20 heavy (non-hydrogen) atoms. The zero-order valence-corrected chi connectivity index (χ0v) is 11.7. The van der Waals surface area contributed by atoms with Gasteiger partial charge in [0.1, 0.15) is 0 Å². The third-order valence-electron chi connectivity index (χ3n) is 4.68. The molecule has 1 saturated heterocycles. The molecule has 1 saturated carbocycles. The monoisotopic (exact) mass is 295 g/mol. The maximum Gasteiger partial charge on any atom is 0.389 e. The van der Waals surface area contributed by atoms with Crippen LogP contribution in [-0.4, -0.2) is 49.0 Å². The molecule has 3 N–H and O–H groups in total. The Kier molecular flexibility index (Phi) is 5.28. The first-order chi connectivity index (χ1) is 9.48. The highest BCUT2D eigenvalue weighted by atomic mass is 19.4. The quantitative estimate of drug-likeness (QED) is 0.600. The summed E-state index contributed by atoms with van der Waals surface area (Å²) in [5, 5.41) is 0. The molecular weight excluding hydrogens is 271 g/mol. The molecule has 0 spiro atoms. The van der Waals surface area contributed by atoms with Crippen molar-refractivity contribution in [3.63, 3.8) is 0 Å². The Bertz CT molecular complexity index is 300. The van der Waals surface area contributed by atoms with Crippen molar-refractivity contribution in [3.05, 3.63) is 0 Å². The van der Waals surface area contributed by atoms with Crippen LogP contribution in [-0.2, 0) is 4.74 Å². The van der Waals surface area contributed by atoms with Gasteiger partial charge >= 0.3 is 6.18 Å². The SMILES string of the molecule is NNC(CCC(F)(F)F)C1(N2CCOCC2)CCCC1. The molecule has 1 atom stereocenters. The van der Waals surface area contributed by atoms with Gasteiger partial charge in [-0.3, -0.25) is 16.2 Å². The van der Waals surface area contributed by atoms with Gasteiger partial charge in [0, 0.05) is 31.1 Å². The minimum absolute atomic E-state index is 0.0390. The van der Waals surface area contributed by atoms with E-state index in [2.05, 4.69) is 10.3 Å². The largest absolute Gasteiger partial charge is 0.389 e. The first kappa shape index (κ1) is 16.0. The molecule has 0 aromatic rings. The molecule has 0 bridgehead atoms. The number of nitrogens with zero attached hydrogens (tertiary/aromatic N) is 1. The number of hydrogen-bond acceptors (Lipinski definition) is 4. The van der Waals surface area contributed by atoms with Gasteiger partial charge in [-0.25, -0.2) is 0 Å². The van der Waals surface area contributed by atoms with E-state index in [-0.39, 0.29) is 18.0 Å². The summed E-state index contributed by atoms with van der Waals surface area (Å²) in [5.41, 5.74) is 2.44. The van der Waals surface area contributed by atoms with Gasteiger partial charge in [-0.2, -0.15) is 13.2 Å². The number of ether oxygens (including phenoxy) is 1. The standard InChI is InChI=1S/C13H24F3N3O/c14-13(15,16)6-3-11(18-17)12(4-1-2-5-12)19-7-9-20-10-8-19/h11,18H,1-10,17H2. The molecule has 7 heteroatoms. The van der Waals surface area contributed by atoms with E-state index >= 15 is 0 Å². The summed E-state index contributed by atoms with van der Waals surface area (Å²) in [6.45, 7) is 2.87. The number of halogens is 3. The van der Waals surface area contributed by atoms with Crippen LogP contribution in [0.25, 0.3) is 0 Å². The van der Waals surface area contributed by atoms with Gasteiger partial charge in [-0.1, -0.05) is 12.8 Å². The van der Waals surface area contributed by atoms with Crippen molar-refractivity contribution in [1.82, 2.24) is 10.3 Å². The zero-order valence-electron chi connectivity index (χ0n) is 11.7. The topological polar surface area (TPSA) is 50.5 Å². The molecule has 2 aliphatic rings. The van der Waals surface area contributed by atoms with Crippen molar-refractivity contribution in [2.45, 2.75) is 56.3 Å². The third kappa shape index (κ3) is 3.63. The number of nitrogens with one attached hydrogen (secondary N) is 1. The predicted octanol–water partition coefficient (Wildman–Crippen LogP) is 1.81. The normalized spacial score (nSPS) is 25.8.